The Kier molecular flexibility index (Phi) is 4.03. The van der Waals surface area contributed by atoms with Crippen molar-refractivity contribution in [1.82, 2.24) is 0 Å². The maximum absolute atomic E-state index is 12.6. The van der Waals surface area contributed by atoms with E-state index in [4.69, 9.17) is 0 Å². The predicted octanol–water partition coefficient (Wildman–Crippen LogP) is 4.05. The molecule has 0 atom stereocenters. The molecule has 1 heterocycles. The van der Waals surface area contributed by atoms with E-state index < -0.39 is 0 Å². The molecule has 1 aliphatic heterocycles. The summed E-state index contributed by atoms with van der Waals surface area (Å²) in [5.41, 5.74) is 5.05. The van der Waals surface area contributed by atoms with Crippen LogP contribution < -0.4 is 4.90 Å². The Hall–Kier alpha value is -2.42. The number of hydrogen-bond donors (Lipinski definition) is 0. The molecule has 0 radical (unpaired) electrons. The van der Waals surface area contributed by atoms with E-state index in [1.165, 1.54) is 10.5 Å². The molecule has 0 aliphatic carbocycles. The number of nitrogens with zero attached hydrogens (tertiary/aromatic N) is 1. The normalized spacial score (nSPS) is 16.0. The van der Waals surface area contributed by atoms with E-state index in [1.807, 2.05) is 63.2 Å². The van der Waals surface area contributed by atoms with Crippen LogP contribution in [0.1, 0.15) is 41.0 Å². The van der Waals surface area contributed by atoms with Crippen molar-refractivity contribution >= 4 is 17.5 Å². The van der Waals surface area contributed by atoms with Crippen LogP contribution >= 0.6 is 0 Å². The second-order valence-electron chi connectivity index (χ2n) is 6.48. The van der Waals surface area contributed by atoms with Gasteiger partial charge in [-0.15, -0.1) is 0 Å². The van der Waals surface area contributed by atoms with Crippen molar-refractivity contribution in [3.63, 3.8) is 0 Å². The number of aryl methyl sites for hydroxylation is 3. The predicted molar refractivity (Wildman–Crippen MR) is 91.6 cm³/mol. The van der Waals surface area contributed by atoms with Crippen molar-refractivity contribution in [2.75, 3.05) is 4.90 Å². The molecule has 0 bridgehead atoms. The number of imide groups is 1. The van der Waals surface area contributed by atoms with Crippen LogP contribution in [0.5, 0.6) is 0 Å². The van der Waals surface area contributed by atoms with E-state index in [0.717, 1.165) is 16.7 Å². The van der Waals surface area contributed by atoms with Crippen LogP contribution in [0, 0.1) is 20.8 Å². The zero-order valence-corrected chi connectivity index (χ0v) is 13.8. The summed E-state index contributed by atoms with van der Waals surface area (Å²) < 4.78 is 0. The van der Waals surface area contributed by atoms with Gasteiger partial charge < -0.3 is 0 Å². The maximum atomic E-state index is 12.6. The third-order valence-electron chi connectivity index (χ3n) is 4.35. The smallest absolute Gasteiger partial charge is 0.234 e. The minimum absolute atomic E-state index is 0.0160. The highest BCUT2D eigenvalue weighted by molar-refractivity contribution is 6.17. The van der Waals surface area contributed by atoms with E-state index in [0.29, 0.717) is 18.5 Å². The van der Waals surface area contributed by atoms with Gasteiger partial charge in [0.15, 0.2) is 0 Å². The lowest BCUT2D eigenvalue weighted by Crippen LogP contribution is -2.42. The number of anilines is 1. The second-order valence-corrected chi connectivity index (χ2v) is 6.48. The lowest BCUT2D eigenvalue weighted by molar-refractivity contribution is -0.129. The van der Waals surface area contributed by atoms with Gasteiger partial charge in [0.05, 0.1) is 5.69 Å². The van der Waals surface area contributed by atoms with Gasteiger partial charge in [-0.3, -0.25) is 14.5 Å². The fourth-order valence-corrected chi connectivity index (χ4v) is 3.26. The maximum Gasteiger partial charge on any atom is 0.234 e. The van der Waals surface area contributed by atoms with Gasteiger partial charge in [0, 0.05) is 18.8 Å². The Bertz CT molecular complexity index is 723. The van der Waals surface area contributed by atoms with Gasteiger partial charge in [-0.2, -0.15) is 0 Å². The Morgan fingerprint density at radius 1 is 0.783 bits per heavy atom. The molecule has 3 heteroatoms. The van der Waals surface area contributed by atoms with Crippen LogP contribution in [-0.2, 0) is 9.59 Å². The minimum atomic E-state index is -0.114. The van der Waals surface area contributed by atoms with Gasteiger partial charge >= 0.3 is 0 Å². The van der Waals surface area contributed by atoms with Gasteiger partial charge in [0.1, 0.15) is 0 Å². The molecule has 118 valence electrons. The molecule has 2 aromatic rings. The number of amides is 2. The average molecular weight is 307 g/mol. The zero-order chi connectivity index (χ0) is 16.6. The molecular weight excluding hydrogens is 286 g/mol. The summed E-state index contributed by atoms with van der Waals surface area (Å²) in [7, 11) is 0. The molecule has 2 aromatic carbocycles. The standard InChI is InChI=1S/C20H21NO2/c1-13-4-6-16(7-5-13)17-11-19(22)21(20(23)12-17)18-9-14(2)8-15(3)10-18/h4-10,17H,11-12H2,1-3H3. The highest BCUT2D eigenvalue weighted by atomic mass is 16.2. The topological polar surface area (TPSA) is 37.4 Å². The van der Waals surface area contributed by atoms with Gasteiger partial charge in [-0.1, -0.05) is 35.9 Å². The first-order valence-electron chi connectivity index (χ1n) is 7.94. The minimum Gasteiger partial charge on any atom is -0.274 e. The third-order valence-corrected chi connectivity index (χ3v) is 4.35. The summed E-state index contributed by atoms with van der Waals surface area (Å²) in [6.07, 6.45) is 0.754. The van der Waals surface area contributed by atoms with Crippen molar-refractivity contribution in [3.8, 4) is 0 Å². The largest absolute Gasteiger partial charge is 0.274 e. The first-order valence-corrected chi connectivity index (χ1v) is 7.94. The van der Waals surface area contributed by atoms with E-state index in [1.54, 1.807) is 0 Å². The molecule has 0 spiro atoms. The molecule has 3 rings (SSSR count). The zero-order valence-electron chi connectivity index (χ0n) is 13.8. The van der Waals surface area contributed by atoms with E-state index in [9.17, 15) is 9.59 Å². The summed E-state index contributed by atoms with van der Waals surface area (Å²) in [5.74, 6) is -0.244. The highest BCUT2D eigenvalue weighted by Gasteiger charge is 2.34. The summed E-state index contributed by atoms with van der Waals surface area (Å²) in [6, 6.07) is 13.9. The Labute approximate surface area is 136 Å². The summed E-state index contributed by atoms with van der Waals surface area (Å²) in [4.78, 5) is 26.5. The van der Waals surface area contributed by atoms with Crippen LogP contribution in [0.2, 0.25) is 0 Å². The Morgan fingerprint density at radius 3 is 1.83 bits per heavy atom. The third kappa shape index (κ3) is 3.19. The first-order chi connectivity index (χ1) is 10.9. The van der Waals surface area contributed by atoms with E-state index >= 15 is 0 Å². The molecule has 1 fully saturated rings. The van der Waals surface area contributed by atoms with Crippen LogP contribution in [0.25, 0.3) is 0 Å². The van der Waals surface area contributed by atoms with Crippen molar-refractivity contribution in [1.29, 1.82) is 0 Å². The quantitative estimate of drug-likeness (QED) is 0.785. The molecule has 2 amide bonds. The van der Waals surface area contributed by atoms with Gasteiger partial charge in [0.2, 0.25) is 11.8 Å². The first kappa shape index (κ1) is 15.5. The van der Waals surface area contributed by atoms with Crippen LogP contribution in [0.15, 0.2) is 42.5 Å². The molecule has 0 N–H and O–H groups in total. The average Bonchev–Trinajstić information content (AvgIpc) is 2.46. The molecule has 3 nitrogen and oxygen atoms in total. The van der Waals surface area contributed by atoms with Crippen LogP contribution in [0.3, 0.4) is 0 Å². The number of rotatable bonds is 2. The number of carbonyl (C=O) groups excluding carboxylic acids is 2. The highest BCUT2D eigenvalue weighted by Crippen LogP contribution is 2.33. The lowest BCUT2D eigenvalue weighted by Gasteiger charge is -2.30. The Balaban J connectivity index is 1.86. The number of piperidine rings is 1. The van der Waals surface area contributed by atoms with Crippen molar-refractivity contribution in [2.24, 2.45) is 0 Å². The second kappa shape index (κ2) is 5.99. The fourth-order valence-electron chi connectivity index (χ4n) is 3.26. The van der Waals surface area contributed by atoms with Crippen LogP contribution in [0.4, 0.5) is 5.69 Å². The lowest BCUT2D eigenvalue weighted by atomic mass is 9.88. The van der Waals surface area contributed by atoms with Crippen molar-refractivity contribution < 1.29 is 9.59 Å². The summed E-state index contributed by atoms with van der Waals surface area (Å²) in [5, 5.41) is 0. The molecule has 23 heavy (non-hydrogen) atoms. The van der Waals surface area contributed by atoms with Crippen molar-refractivity contribution in [3.05, 3.63) is 64.7 Å². The molecular formula is C20H21NO2. The molecule has 0 unspecified atom stereocenters. The molecule has 0 saturated carbocycles. The SMILES string of the molecule is Cc1ccc(C2CC(=O)N(c3cc(C)cc(C)c3)C(=O)C2)cc1. The summed E-state index contributed by atoms with van der Waals surface area (Å²) in [6.45, 7) is 5.98. The van der Waals surface area contributed by atoms with E-state index in [-0.39, 0.29) is 17.7 Å². The van der Waals surface area contributed by atoms with Gasteiger partial charge in [-0.05, 0) is 49.6 Å². The van der Waals surface area contributed by atoms with Crippen molar-refractivity contribution in [2.45, 2.75) is 39.5 Å². The molecule has 0 aromatic heterocycles. The molecule has 1 aliphatic rings. The number of hydrogen-bond acceptors (Lipinski definition) is 2. The summed E-state index contributed by atoms with van der Waals surface area (Å²) >= 11 is 0. The van der Waals surface area contributed by atoms with E-state index in [2.05, 4.69) is 0 Å². The molecule has 1 saturated heterocycles. The monoisotopic (exact) mass is 307 g/mol. The van der Waals surface area contributed by atoms with Gasteiger partial charge in [0.25, 0.3) is 0 Å². The van der Waals surface area contributed by atoms with Crippen LogP contribution in [-0.4, -0.2) is 11.8 Å². The Morgan fingerprint density at radius 2 is 1.30 bits per heavy atom. The van der Waals surface area contributed by atoms with Gasteiger partial charge in [-0.25, -0.2) is 0 Å². The number of carbonyl (C=O) groups is 2. The fraction of sp³-hybridized carbons (Fsp3) is 0.300. The number of benzene rings is 2.